The van der Waals surface area contributed by atoms with Crippen molar-refractivity contribution in [2.75, 3.05) is 18.9 Å². The van der Waals surface area contributed by atoms with Gasteiger partial charge < -0.3 is 10.2 Å². The van der Waals surface area contributed by atoms with Gasteiger partial charge in [-0.2, -0.15) is 0 Å². The minimum Gasteiger partial charge on any atom is -0.326 e. The summed E-state index contributed by atoms with van der Waals surface area (Å²) >= 11 is 3.46. The summed E-state index contributed by atoms with van der Waals surface area (Å²) < 4.78 is 1.05. The normalized spacial score (nSPS) is 10.3. The first-order valence-electron chi connectivity index (χ1n) is 7.33. The van der Waals surface area contributed by atoms with Crippen LogP contribution in [0.1, 0.15) is 17.5 Å². The molecule has 0 aromatic heterocycles. The highest BCUT2D eigenvalue weighted by molar-refractivity contribution is 9.10. The lowest BCUT2D eigenvalue weighted by molar-refractivity contribution is -0.116. The van der Waals surface area contributed by atoms with Gasteiger partial charge in [0.2, 0.25) is 5.91 Å². The SMILES string of the molecule is Cc1cc(NC(=O)CCN(C)Cc2ccccc2)ccc1Br.Cl. The Balaban J connectivity index is 0.00000264. The number of hydrogen-bond donors (Lipinski definition) is 1. The van der Waals surface area contributed by atoms with E-state index < -0.39 is 0 Å². The molecule has 23 heavy (non-hydrogen) atoms. The van der Waals surface area contributed by atoms with Crippen LogP contribution in [-0.2, 0) is 11.3 Å². The molecule has 0 spiro atoms. The van der Waals surface area contributed by atoms with Crippen molar-refractivity contribution < 1.29 is 4.79 Å². The number of nitrogens with zero attached hydrogens (tertiary/aromatic N) is 1. The monoisotopic (exact) mass is 396 g/mol. The van der Waals surface area contributed by atoms with Crippen molar-refractivity contribution in [3.63, 3.8) is 0 Å². The molecule has 2 rings (SSSR count). The van der Waals surface area contributed by atoms with E-state index in [0.717, 1.165) is 28.8 Å². The van der Waals surface area contributed by atoms with E-state index in [9.17, 15) is 4.79 Å². The van der Waals surface area contributed by atoms with E-state index in [1.165, 1.54) is 5.56 Å². The number of amides is 1. The van der Waals surface area contributed by atoms with Gasteiger partial charge in [-0.15, -0.1) is 12.4 Å². The topological polar surface area (TPSA) is 32.3 Å². The van der Waals surface area contributed by atoms with Crippen molar-refractivity contribution in [3.8, 4) is 0 Å². The van der Waals surface area contributed by atoms with Crippen LogP contribution in [0.5, 0.6) is 0 Å². The second kappa shape index (κ2) is 9.71. The van der Waals surface area contributed by atoms with Crippen LogP contribution < -0.4 is 5.32 Å². The number of carbonyl (C=O) groups excluding carboxylic acids is 1. The molecule has 0 aliphatic rings. The fraction of sp³-hybridized carbons (Fsp3) is 0.278. The van der Waals surface area contributed by atoms with Gasteiger partial charge in [0.25, 0.3) is 0 Å². The van der Waals surface area contributed by atoms with Crippen molar-refractivity contribution in [1.29, 1.82) is 0 Å². The standard InChI is InChI=1S/C18H21BrN2O.ClH/c1-14-12-16(8-9-17(14)19)20-18(22)10-11-21(2)13-15-6-4-3-5-7-15;/h3-9,12H,10-11,13H2,1-2H3,(H,20,22);1H. The molecule has 3 nitrogen and oxygen atoms in total. The number of anilines is 1. The Hall–Kier alpha value is -1.36. The Morgan fingerprint density at radius 1 is 1.17 bits per heavy atom. The summed E-state index contributed by atoms with van der Waals surface area (Å²) in [6.45, 7) is 3.59. The Morgan fingerprint density at radius 2 is 1.87 bits per heavy atom. The maximum Gasteiger partial charge on any atom is 0.225 e. The maximum absolute atomic E-state index is 12.0. The fourth-order valence-corrected chi connectivity index (χ4v) is 2.46. The molecule has 0 aliphatic carbocycles. The number of carbonyl (C=O) groups is 1. The van der Waals surface area contributed by atoms with E-state index in [4.69, 9.17) is 0 Å². The summed E-state index contributed by atoms with van der Waals surface area (Å²) in [5.74, 6) is 0.0432. The maximum atomic E-state index is 12.0. The predicted molar refractivity (Wildman–Crippen MR) is 102 cm³/mol. The molecule has 0 unspecified atom stereocenters. The summed E-state index contributed by atoms with van der Waals surface area (Å²) in [6.07, 6.45) is 0.485. The van der Waals surface area contributed by atoms with Crippen LogP contribution >= 0.6 is 28.3 Å². The van der Waals surface area contributed by atoms with Gasteiger partial charge in [-0.25, -0.2) is 0 Å². The number of halogens is 2. The highest BCUT2D eigenvalue weighted by Crippen LogP contribution is 2.20. The van der Waals surface area contributed by atoms with E-state index >= 15 is 0 Å². The first kappa shape index (κ1) is 19.7. The molecule has 0 heterocycles. The molecule has 0 bridgehead atoms. The first-order chi connectivity index (χ1) is 10.5. The molecule has 2 aromatic rings. The van der Waals surface area contributed by atoms with E-state index in [0.29, 0.717) is 6.42 Å². The van der Waals surface area contributed by atoms with E-state index in [-0.39, 0.29) is 18.3 Å². The van der Waals surface area contributed by atoms with Gasteiger partial charge in [-0.1, -0.05) is 46.3 Å². The minimum atomic E-state index is 0. The molecule has 1 amide bonds. The molecule has 0 aliphatic heterocycles. The van der Waals surface area contributed by atoms with Crippen molar-refractivity contribution in [1.82, 2.24) is 4.90 Å². The molecule has 0 radical (unpaired) electrons. The van der Waals surface area contributed by atoms with Crippen molar-refractivity contribution in [3.05, 3.63) is 64.1 Å². The van der Waals surface area contributed by atoms with E-state index in [2.05, 4.69) is 38.3 Å². The van der Waals surface area contributed by atoms with Gasteiger partial charge in [0.1, 0.15) is 0 Å². The van der Waals surface area contributed by atoms with Crippen LogP contribution in [0.4, 0.5) is 5.69 Å². The Morgan fingerprint density at radius 3 is 2.52 bits per heavy atom. The number of rotatable bonds is 6. The summed E-state index contributed by atoms with van der Waals surface area (Å²) in [7, 11) is 2.03. The van der Waals surface area contributed by atoms with E-state index in [1.807, 2.05) is 50.4 Å². The van der Waals surface area contributed by atoms with Gasteiger partial charge >= 0.3 is 0 Å². The second-order valence-corrected chi connectivity index (χ2v) is 6.34. The first-order valence-corrected chi connectivity index (χ1v) is 8.12. The number of aryl methyl sites for hydroxylation is 1. The van der Waals surface area contributed by atoms with E-state index in [1.54, 1.807) is 0 Å². The van der Waals surface area contributed by atoms with Gasteiger partial charge in [0.15, 0.2) is 0 Å². The molecule has 0 saturated carbocycles. The van der Waals surface area contributed by atoms with Gasteiger partial charge in [0, 0.05) is 29.7 Å². The van der Waals surface area contributed by atoms with Crippen LogP contribution in [0.3, 0.4) is 0 Å². The van der Waals surface area contributed by atoms with Crippen LogP contribution in [0.15, 0.2) is 53.0 Å². The zero-order valence-corrected chi connectivity index (χ0v) is 15.8. The Kier molecular flexibility index (Phi) is 8.31. The highest BCUT2D eigenvalue weighted by atomic mass is 79.9. The summed E-state index contributed by atoms with van der Waals surface area (Å²) in [4.78, 5) is 14.2. The Bertz CT molecular complexity index is 634. The molecule has 124 valence electrons. The second-order valence-electron chi connectivity index (χ2n) is 5.49. The average molecular weight is 398 g/mol. The van der Waals surface area contributed by atoms with Crippen LogP contribution in [-0.4, -0.2) is 24.4 Å². The smallest absolute Gasteiger partial charge is 0.225 e. The Labute approximate surface area is 152 Å². The molecular weight excluding hydrogens is 376 g/mol. The molecule has 0 atom stereocenters. The van der Waals surface area contributed by atoms with Gasteiger partial charge in [0.05, 0.1) is 0 Å². The summed E-state index contributed by atoms with van der Waals surface area (Å²) in [5.41, 5.74) is 3.21. The number of hydrogen-bond acceptors (Lipinski definition) is 2. The van der Waals surface area contributed by atoms with Crippen LogP contribution in [0.2, 0.25) is 0 Å². The molecule has 0 saturated heterocycles. The van der Waals surface area contributed by atoms with Gasteiger partial charge in [-0.05, 0) is 43.3 Å². The van der Waals surface area contributed by atoms with Gasteiger partial charge in [-0.3, -0.25) is 4.79 Å². The molecule has 0 fully saturated rings. The molecule has 1 N–H and O–H groups in total. The van der Waals surface area contributed by atoms with Crippen LogP contribution in [0, 0.1) is 6.92 Å². The van der Waals surface area contributed by atoms with Crippen molar-refractivity contribution in [2.45, 2.75) is 19.9 Å². The average Bonchev–Trinajstić information content (AvgIpc) is 2.50. The zero-order valence-electron chi connectivity index (χ0n) is 13.4. The predicted octanol–water partition coefficient (Wildman–Crippen LogP) is 4.64. The third-order valence-electron chi connectivity index (χ3n) is 3.46. The lowest BCUT2D eigenvalue weighted by atomic mass is 10.2. The minimum absolute atomic E-state index is 0. The summed E-state index contributed by atoms with van der Waals surface area (Å²) in [6, 6.07) is 16.1. The number of benzene rings is 2. The van der Waals surface area contributed by atoms with Crippen LogP contribution in [0.25, 0.3) is 0 Å². The number of nitrogens with one attached hydrogen (secondary N) is 1. The lowest BCUT2D eigenvalue weighted by Crippen LogP contribution is -2.24. The quantitative estimate of drug-likeness (QED) is 0.770. The fourth-order valence-electron chi connectivity index (χ4n) is 2.21. The van der Waals surface area contributed by atoms with Crippen molar-refractivity contribution in [2.24, 2.45) is 0 Å². The largest absolute Gasteiger partial charge is 0.326 e. The molecular formula is C18H22BrClN2O. The zero-order chi connectivity index (χ0) is 15.9. The third-order valence-corrected chi connectivity index (χ3v) is 4.35. The van der Waals surface area contributed by atoms with Crippen molar-refractivity contribution >= 4 is 39.9 Å². The lowest BCUT2D eigenvalue weighted by Gasteiger charge is -2.16. The molecule has 2 aromatic carbocycles. The third kappa shape index (κ3) is 6.73. The molecule has 5 heteroatoms. The summed E-state index contributed by atoms with van der Waals surface area (Å²) in [5, 5.41) is 2.94. The highest BCUT2D eigenvalue weighted by Gasteiger charge is 2.06.